The molecule has 1 aliphatic rings. The second-order valence-electron chi connectivity index (χ2n) is 11.5. The Bertz CT molecular complexity index is 2090. The topological polar surface area (TPSA) is 77.4 Å². The molecule has 0 saturated heterocycles. The average molecular weight is 648 g/mol. The molecule has 0 unspecified atom stereocenters. The van der Waals surface area contributed by atoms with Crippen molar-refractivity contribution in [2.24, 2.45) is 7.05 Å². The lowest BCUT2D eigenvalue weighted by molar-refractivity contribution is 0.0651. The van der Waals surface area contributed by atoms with Crippen LogP contribution >= 0.6 is 15.9 Å². The van der Waals surface area contributed by atoms with Crippen LogP contribution < -0.4 is 5.56 Å². The SMILES string of the molecule is Cc1cc(C(=O)N2Cc3c(c(=O)n(-c4ccc(-c5cncn5C)cc4)c4c(Cc5ccccc5)cnn34)C[C@H]2C)ccc1Br. The Morgan fingerprint density at radius 2 is 1.80 bits per heavy atom. The van der Waals surface area contributed by atoms with Crippen molar-refractivity contribution in [3.8, 4) is 16.9 Å². The molecule has 7 rings (SSSR count). The van der Waals surface area contributed by atoms with E-state index in [1.54, 1.807) is 10.9 Å². The van der Waals surface area contributed by atoms with Crippen molar-refractivity contribution < 1.29 is 4.79 Å². The molecule has 0 N–H and O–H groups in total. The number of benzene rings is 3. The van der Waals surface area contributed by atoms with E-state index in [1.165, 1.54) is 0 Å². The predicted molar refractivity (Wildman–Crippen MR) is 174 cm³/mol. The summed E-state index contributed by atoms with van der Waals surface area (Å²) in [7, 11) is 1.96. The lowest BCUT2D eigenvalue weighted by Crippen LogP contribution is -2.46. The highest BCUT2D eigenvalue weighted by Gasteiger charge is 2.33. The maximum atomic E-state index is 14.5. The third-order valence-corrected chi connectivity index (χ3v) is 9.48. The Kier molecular flexibility index (Phi) is 7.05. The number of aryl methyl sites for hydroxylation is 2. The van der Waals surface area contributed by atoms with Crippen LogP contribution in [0.3, 0.4) is 0 Å². The van der Waals surface area contributed by atoms with Crippen molar-refractivity contribution in [3.05, 3.63) is 140 Å². The quantitative estimate of drug-likeness (QED) is 0.226. The molecule has 0 bridgehead atoms. The number of hydrogen-bond acceptors (Lipinski definition) is 4. The van der Waals surface area contributed by atoms with Crippen molar-refractivity contribution in [1.29, 1.82) is 0 Å². The van der Waals surface area contributed by atoms with E-state index in [9.17, 15) is 9.59 Å². The minimum Gasteiger partial charge on any atom is -0.334 e. The molecule has 3 aromatic carbocycles. The Morgan fingerprint density at radius 1 is 1.02 bits per heavy atom. The second kappa shape index (κ2) is 11.1. The highest BCUT2D eigenvalue weighted by Crippen LogP contribution is 2.29. The second-order valence-corrected chi connectivity index (χ2v) is 12.4. The van der Waals surface area contributed by atoms with Gasteiger partial charge in [0.1, 0.15) is 5.65 Å². The smallest absolute Gasteiger partial charge is 0.261 e. The van der Waals surface area contributed by atoms with Crippen LogP contribution in [0, 0.1) is 6.92 Å². The number of nitrogens with zero attached hydrogens (tertiary/aromatic N) is 6. The molecular weight excluding hydrogens is 616 g/mol. The summed E-state index contributed by atoms with van der Waals surface area (Å²) in [5.41, 5.74) is 8.55. The molecule has 44 heavy (non-hydrogen) atoms. The first kappa shape index (κ1) is 28.0. The normalized spacial score (nSPS) is 14.6. The average Bonchev–Trinajstić information content (AvgIpc) is 3.65. The monoisotopic (exact) mass is 646 g/mol. The molecule has 0 radical (unpaired) electrons. The molecule has 0 spiro atoms. The van der Waals surface area contributed by atoms with Gasteiger partial charge in [-0.05, 0) is 67.3 Å². The lowest BCUT2D eigenvalue weighted by Gasteiger charge is -2.35. The number of fused-ring (bicyclic) bond motifs is 3. The summed E-state index contributed by atoms with van der Waals surface area (Å²) >= 11 is 3.53. The number of amides is 1. The van der Waals surface area contributed by atoms with E-state index in [1.807, 2.05) is 108 Å². The van der Waals surface area contributed by atoms with Crippen molar-refractivity contribution in [1.82, 2.24) is 28.6 Å². The fraction of sp³-hybridized carbons (Fsp3) is 0.200. The van der Waals surface area contributed by atoms with E-state index in [0.717, 1.165) is 43.8 Å². The van der Waals surface area contributed by atoms with Crippen LogP contribution in [0.25, 0.3) is 22.6 Å². The van der Waals surface area contributed by atoms with Crippen LogP contribution in [-0.4, -0.2) is 40.6 Å². The fourth-order valence-electron chi connectivity index (χ4n) is 6.20. The highest BCUT2D eigenvalue weighted by atomic mass is 79.9. The van der Waals surface area contributed by atoms with E-state index in [4.69, 9.17) is 5.10 Å². The van der Waals surface area contributed by atoms with Gasteiger partial charge in [0.15, 0.2) is 0 Å². The number of imidazole rings is 1. The van der Waals surface area contributed by atoms with Crippen LogP contribution in [-0.2, 0) is 26.4 Å². The first-order valence-corrected chi connectivity index (χ1v) is 15.4. The zero-order valence-electron chi connectivity index (χ0n) is 24.7. The van der Waals surface area contributed by atoms with Gasteiger partial charge >= 0.3 is 0 Å². The predicted octanol–water partition coefficient (Wildman–Crippen LogP) is 6.13. The van der Waals surface area contributed by atoms with Crippen molar-refractivity contribution in [2.75, 3.05) is 0 Å². The molecule has 0 aliphatic carbocycles. The number of halogens is 1. The number of carbonyl (C=O) groups is 1. The highest BCUT2D eigenvalue weighted by molar-refractivity contribution is 9.10. The number of rotatable bonds is 5. The number of carbonyl (C=O) groups excluding carboxylic acids is 1. The number of aromatic nitrogens is 5. The van der Waals surface area contributed by atoms with Gasteiger partial charge in [0, 0.05) is 40.7 Å². The summed E-state index contributed by atoms with van der Waals surface area (Å²) in [6.07, 6.45) is 6.51. The van der Waals surface area contributed by atoms with Crippen molar-refractivity contribution >= 4 is 27.5 Å². The summed E-state index contributed by atoms with van der Waals surface area (Å²) < 4.78 is 6.60. The molecular formula is C35H31BrN6O2. The fourth-order valence-corrected chi connectivity index (χ4v) is 6.44. The molecule has 6 aromatic rings. The Morgan fingerprint density at radius 3 is 2.50 bits per heavy atom. The molecule has 1 atom stereocenters. The maximum absolute atomic E-state index is 14.5. The molecule has 1 aliphatic heterocycles. The Labute approximate surface area is 263 Å². The third-order valence-electron chi connectivity index (χ3n) is 8.59. The van der Waals surface area contributed by atoms with Crippen LogP contribution in [0.15, 0.2) is 101 Å². The summed E-state index contributed by atoms with van der Waals surface area (Å²) in [5, 5.41) is 4.84. The molecule has 8 nitrogen and oxygen atoms in total. The van der Waals surface area contributed by atoms with Crippen molar-refractivity contribution in [3.63, 3.8) is 0 Å². The van der Waals surface area contributed by atoms with Crippen LogP contribution in [0.2, 0.25) is 0 Å². The molecule has 9 heteroatoms. The van der Waals surface area contributed by atoms with E-state index in [-0.39, 0.29) is 17.5 Å². The van der Waals surface area contributed by atoms with Gasteiger partial charge in [-0.3, -0.25) is 14.2 Å². The Hall–Kier alpha value is -4.76. The standard InChI is InChI=1S/C35H31BrN6O2/c1-22-15-26(11-14-30(22)36)34(43)40-20-32-29(16-23(40)2)35(44)41(28-12-9-25(10-13-28)31-19-37-21-39(31)3)33-27(18-38-42(32)33)17-24-7-5-4-6-8-24/h4-15,18-19,21,23H,16-17,20H2,1-3H3/t23-/m1/s1. The van der Waals surface area contributed by atoms with E-state index < -0.39 is 0 Å². The molecule has 220 valence electrons. The van der Waals surface area contributed by atoms with Gasteiger partial charge in [-0.15, -0.1) is 0 Å². The molecule has 4 heterocycles. The van der Waals surface area contributed by atoms with E-state index >= 15 is 0 Å². The largest absolute Gasteiger partial charge is 0.334 e. The molecule has 3 aromatic heterocycles. The molecule has 0 saturated carbocycles. The molecule has 0 fully saturated rings. The summed E-state index contributed by atoms with van der Waals surface area (Å²) in [5.74, 6) is -0.0569. The third kappa shape index (κ3) is 4.77. The van der Waals surface area contributed by atoms with Crippen LogP contribution in [0.4, 0.5) is 0 Å². The summed E-state index contributed by atoms with van der Waals surface area (Å²) in [6.45, 7) is 4.28. The van der Waals surface area contributed by atoms with Crippen molar-refractivity contribution in [2.45, 2.75) is 39.3 Å². The first-order valence-electron chi connectivity index (χ1n) is 14.6. The van der Waals surface area contributed by atoms with Gasteiger partial charge in [-0.2, -0.15) is 5.10 Å². The van der Waals surface area contributed by atoms with Crippen LogP contribution in [0.5, 0.6) is 0 Å². The minimum atomic E-state index is -0.163. The van der Waals surface area contributed by atoms with Gasteiger partial charge in [0.05, 0.1) is 42.3 Å². The number of hydrogen-bond donors (Lipinski definition) is 0. The maximum Gasteiger partial charge on any atom is 0.261 e. The Balaban J connectivity index is 1.37. The summed E-state index contributed by atoms with van der Waals surface area (Å²) in [4.78, 5) is 34.4. The zero-order valence-corrected chi connectivity index (χ0v) is 26.3. The van der Waals surface area contributed by atoms with E-state index in [2.05, 4.69) is 33.0 Å². The summed E-state index contributed by atoms with van der Waals surface area (Å²) in [6, 6.07) is 23.7. The van der Waals surface area contributed by atoms with Gasteiger partial charge in [-0.25, -0.2) is 9.50 Å². The first-order chi connectivity index (χ1) is 21.3. The van der Waals surface area contributed by atoms with Gasteiger partial charge in [0.25, 0.3) is 11.5 Å². The molecule has 1 amide bonds. The minimum absolute atomic E-state index is 0.0569. The zero-order chi connectivity index (χ0) is 30.5. The van der Waals surface area contributed by atoms with E-state index in [0.29, 0.717) is 36.2 Å². The van der Waals surface area contributed by atoms with Gasteiger partial charge < -0.3 is 9.47 Å². The van der Waals surface area contributed by atoms with Gasteiger partial charge in [-0.1, -0.05) is 58.4 Å². The van der Waals surface area contributed by atoms with Gasteiger partial charge in [0.2, 0.25) is 0 Å². The lowest BCUT2D eigenvalue weighted by atomic mass is 9.97. The van der Waals surface area contributed by atoms with Crippen LogP contribution in [0.1, 0.15) is 45.2 Å².